The second-order valence-electron chi connectivity index (χ2n) is 5.28. The number of methoxy groups -OCH3 is 1. The molecule has 0 heterocycles. The molecule has 0 atom stereocenters. The minimum atomic E-state index is -0.411. The fraction of sp³-hybridized carbons (Fsp3) is 0.278. The summed E-state index contributed by atoms with van der Waals surface area (Å²) in [6.07, 6.45) is 0. The van der Waals surface area contributed by atoms with Gasteiger partial charge < -0.3 is 15.4 Å². The molecule has 0 amide bonds. The predicted octanol–water partition coefficient (Wildman–Crippen LogP) is 2.86. The van der Waals surface area contributed by atoms with Crippen molar-refractivity contribution >= 4 is 11.6 Å². The number of nitrogens with one attached hydrogen (secondary N) is 2. The zero-order valence-corrected chi connectivity index (χ0v) is 14.4. The standard InChI is InChI=1S/C18H22N4O3/c1-3-19-18(21-13-15-6-4-5-7-17(15)25-2)20-12-14-8-10-16(11-9-14)22(23)24/h4-11H,3,12-13H2,1-2H3,(H2,19,20,21). The lowest BCUT2D eigenvalue weighted by Crippen LogP contribution is -2.36. The van der Waals surface area contributed by atoms with Crippen molar-refractivity contribution in [1.29, 1.82) is 0 Å². The maximum absolute atomic E-state index is 10.7. The quantitative estimate of drug-likeness (QED) is 0.349. The summed E-state index contributed by atoms with van der Waals surface area (Å²) in [6, 6.07) is 14.2. The number of rotatable bonds is 7. The molecule has 0 fully saturated rings. The van der Waals surface area contributed by atoms with Crippen LogP contribution in [0.2, 0.25) is 0 Å². The molecule has 0 unspecified atom stereocenters. The van der Waals surface area contributed by atoms with Gasteiger partial charge in [-0.05, 0) is 18.6 Å². The molecule has 25 heavy (non-hydrogen) atoms. The van der Waals surface area contributed by atoms with Crippen LogP contribution in [0.15, 0.2) is 53.5 Å². The van der Waals surface area contributed by atoms with Crippen molar-refractivity contribution in [3.8, 4) is 5.75 Å². The Kier molecular flexibility index (Phi) is 6.76. The minimum absolute atomic E-state index is 0.0777. The highest BCUT2D eigenvalue weighted by Crippen LogP contribution is 2.16. The topological polar surface area (TPSA) is 88.8 Å². The Balaban J connectivity index is 2.01. The molecule has 0 aliphatic heterocycles. The van der Waals surface area contributed by atoms with Crippen LogP contribution in [-0.4, -0.2) is 24.5 Å². The van der Waals surface area contributed by atoms with Crippen molar-refractivity contribution in [2.75, 3.05) is 13.7 Å². The molecule has 2 aromatic carbocycles. The molecule has 0 aliphatic carbocycles. The zero-order valence-electron chi connectivity index (χ0n) is 14.4. The Morgan fingerprint density at radius 1 is 1.16 bits per heavy atom. The van der Waals surface area contributed by atoms with E-state index in [1.807, 2.05) is 31.2 Å². The van der Waals surface area contributed by atoms with Gasteiger partial charge in [-0.25, -0.2) is 4.99 Å². The van der Waals surface area contributed by atoms with Gasteiger partial charge in [0.25, 0.3) is 5.69 Å². The summed E-state index contributed by atoms with van der Waals surface area (Å²) < 4.78 is 5.34. The zero-order chi connectivity index (χ0) is 18.1. The first-order valence-electron chi connectivity index (χ1n) is 8.01. The van der Waals surface area contributed by atoms with Crippen molar-refractivity contribution in [3.63, 3.8) is 0 Å². The van der Waals surface area contributed by atoms with Gasteiger partial charge in [-0.3, -0.25) is 10.1 Å². The molecule has 0 bridgehead atoms. The summed E-state index contributed by atoms with van der Waals surface area (Å²) >= 11 is 0. The summed E-state index contributed by atoms with van der Waals surface area (Å²) in [5.74, 6) is 1.49. The number of guanidine groups is 1. The molecule has 0 aliphatic rings. The second-order valence-corrected chi connectivity index (χ2v) is 5.28. The number of para-hydroxylation sites is 1. The number of hydrogen-bond donors (Lipinski definition) is 2. The predicted molar refractivity (Wildman–Crippen MR) is 97.7 cm³/mol. The van der Waals surface area contributed by atoms with E-state index >= 15 is 0 Å². The van der Waals surface area contributed by atoms with Crippen LogP contribution < -0.4 is 15.4 Å². The van der Waals surface area contributed by atoms with Gasteiger partial charge in [0, 0.05) is 30.8 Å². The second kappa shape index (κ2) is 9.27. The highest BCUT2D eigenvalue weighted by Gasteiger charge is 2.05. The van der Waals surface area contributed by atoms with Crippen molar-refractivity contribution in [2.45, 2.75) is 20.0 Å². The minimum Gasteiger partial charge on any atom is -0.496 e. The molecule has 2 aromatic rings. The Hall–Kier alpha value is -3.09. The van der Waals surface area contributed by atoms with E-state index in [0.717, 1.165) is 23.4 Å². The van der Waals surface area contributed by atoms with Crippen LogP contribution in [0.3, 0.4) is 0 Å². The molecule has 0 spiro atoms. The normalized spacial score (nSPS) is 11.0. The number of nitrogens with zero attached hydrogens (tertiary/aromatic N) is 2. The van der Waals surface area contributed by atoms with Crippen molar-refractivity contribution < 1.29 is 9.66 Å². The first-order chi connectivity index (χ1) is 12.1. The summed E-state index contributed by atoms with van der Waals surface area (Å²) in [6.45, 7) is 3.74. The third kappa shape index (κ3) is 5.49. The summed E-state index contributed by atoms with van der Waals surface area (Å²) in [7, 11) is 1.65. The molecule has 7 nitrogen and oxygen atoms in total. The van der Waals surface area contributed by atoms with E-state index < -0.39 is 4.92 Å². The Morgan fingerprint density at radius 2 is 1.88 bits per heavy atom. The molecular formula is C18H22N4O3. The van der Waals surface area contributed by atoms with E-state index in [1.165, 1.54) is 12.1 Å². The van der Waals surface area contributed by atoms with Crippen LogP contribution >= 0.6 is 0 Å². The number of nitro benzene ring substituents is 1. The van der Waals surface area contributed by atoms with Gasteiger partial charge in [0.1, 0.15) is 5.75 Å². The number of benzene rings is 2. The molecule has 0 aromatic heterocycles. The first kappa shape index (κ1) is 18.3. The fourth-order valence-corrected chi connectivity index (χ4v) is 2.26. The molecule has 2 N–H and O–H groups in total. The van der Waals surface area contributed by atoms with Gasteiger partial charge in [0.05, 0.1) is 18.6 Å². The van der Waals surface area contributed by atoms with Gasteiger partial charge in [-0.2, -0.15) is 0 Å². The summed E-state index contributed by atoms with van der Waals surface area (Å²) in [5.41, 5.74) is 2.01. The Bertz CT molecular complexity index is 729. The van der Waals surface area contributed by atoms with Crippen LogP contribution in [0, 0.1) is 10.1 Å². The number of hydrogen-bond acceptors (Lipinski definition) is 4. The fourth-order valence-electron chi connectivity index (χ4n) is 2.26. The van der Waals surface area contributed by atoms with Crippen molar-refractivity contribution in [3.05, 3.63) is 69.8 Å². The van der Waals surface area contributed by atoms with Crippen molar-refractivity contribution in [2.24, 2.45) is 4.99 Å². The Morgan fingerprint density at radius 3 is 2.52 bits per heavy atom. The van der Waals surface area contributed by atoms with Crippen molar-refractivity contribution in [1.82, 2.24) is 10.6 Å². The highest BCUT2D eigenvalue weighted by molar-refractivity contribution is 5.79. The number of ether oxygens (including phenoxy) is 1. The van der Waals surface area contributed by atoms with E-state index in [0.29, 0.717) is 19.0 Å². The smallest absolute Gasteiger partial charge is 0.269 e. The SMILES string of the molecule is CCNC(=NCc1ccc([N+](=O)[O-])cc1)NCc1ccccc1OC. The average molecular weight is 342 g/mol. The lowest BCUT2D eigenvalue weighted by atomic mass is 10.2. The molecule has 0 saturated carbocycles. The highest BCUT2D eigenvalue weighted by atomic mass is 16.6. The monoisotopic (exact) mass is 342 g/mol. The maximum atomic E-state index is 10.7. The van der Waals surface area contributed by atoms with Crippen LogP contribution in [0.4, 0.5) is 5.69 Å². The number of non-ortho nitro benzene ring substituents is 1. The molecule has 2 rings (SSSR count). The van der Waals surface area contributed by atoms with Gasteiger partial charge in [-0.15, -0.1) is 0 Å². The molecular weight excluding hydrogens is 320 g/mol. The van der Waals surface area contributed by atoms with Gasteiger partial charge in [0.15, 0.2) is 5.96 Å². The van der Waals surface area contributed by atoms with Crippen LogP contribution in [-0.2, 0) is 13.1 Å². The van der Waals surface area contributed by atoms with Gasteiger partial charge in [0.2, 0.25) is 0 Å². The average Bonchev–Trinajstić information content (AvgIpc) is 2.64. The maximum Gasteiger partial charge on any atom is 0.269 e. The van der Waals surface area contributed by atoms with Gasteiger partial charge >= 0.3 is 0 Å². The number of nitro groups is 1. The van der Waals surface area contributed by atoms with E-state index in [2.05, 4.69) is 15.6 Å². The molecule has 0 radical (unpaired) electrons. The van der Waals surface area contributed by atoms with Crippen LogP contribution in [0.1, 0.15) is 18.1 Å². The van der Waals surface area contributed by atoms with E-state index in [1.54, 1.807) is 19.2 Å². The van der Waals surface area contributed by atoms with E-state index in [9.17, 15) is 10.1 Å². The van der Waals surface area contributed by atoms with Crippen LogP contribution in [0.5, 0.6) is 5.75 Å². The molecule has 7 heteroatoms. The molecule has 132 valence electrons. The molecule has 0 saturated heterocycles. The first-order valence-corrected chi connectivity index (χ1v) is 8.01. The third-order valence-electron chi connectivity index (χ3n) is 3.55. The lowest BCUT2D eigenvalue weighted by Gasteiger charge is -2.13. The third-order valence-corrected chi connectivity index (χ3v) is 3.55. The van der Waals surface area contributed by atoms with Crippen LogP contribution in [0.25, 0.3) is 0 Å². The lowest BCUT2D eigenvalue weighted by molar-refractivity contribution is -0.384. The number of aliphatic imine (C=N–C) groups is 1. The summed E-state index contributed by atoms with van der Waals surface area (Å²) in [5, 5.41) is 17.1. The Labute approximate surface area is 146 Å². The van der Waals surface area contributed by atoms with Gasteiger partial charge in [-0.1, -0.05) is 30.3 Å². The largest absolute Gasteiger partial charge is 0.496 e. The van der Waals surface area contributed by atoms with E-state index in [4.69, 9.17) is 4.74 Å². The van der Waals surface area contributed by atoms with E-state index in [-0.39, 0.29) is 5.69 Å². The summed E-state index contributed by atoms with van der Waals surface area (Å²) in [4.78, 5) is 14.8.